The molecule has 4 rings (SSSR count). The second kappa shape index (κ2) is 10.2. The Hall–Kier alpha value is -3.50. The average molecular weight is 484 g/mol. The normalized spacial score (nSPS) is 14.7. The highest BCUT2D eigenvalue weighted by Gasteiger charge is 2.30. The Morgan fingerprint density at radius 1 is 0.971 bits per heavy atom. The van der Waals surface area contributed by atoms with E-state index in [9.17, 15) is 18.0 Å². The van der Waals surface area contributed by atoms with Crippen molar-refractivity contribution in [3.8, 4) is 5.88 Å². The summed E-state index contributed by atoms with van der Waals surface area (Å²) in [5, 5.41) is 1.81. The molecule has 0 spiro atoms. The van der Waals surface area contributed by atoms with E-state index in [-0.39, 0.29) is 42.5 Å². The number of benzene rings is 2. The van der Waals surface area contributed by atoms with Crippen molar-refractivity contribution >= 4 is 32.7 Å². The predicted octanol–water partition coefficient (Wildman–Crippen LogP) is 2.32. The highest BCUT2D eigenvalue weighted by atomic mass is 32.2. The third-order valence-corrected chi connectivity index (χ3v) is 7.44. The fourth-order valence-corrected chi connectivity index (χ4v) is 5.21. The van der Waals surface area contributed by atoms with Gasteiger partial charge in [0.1, 0.15) is 5.56 Å². The molecule has 178 valence electrons. The summed E-state index contributed by atoms with van der Waals surface area (Å²) in [5.74, 6) is -0.949. The van der Waals surface area contributed by atoms with Gasteiger partial charge >= 0.3 is 5.97 Å². The van der Waals surface area contributed by atoms with Gasteiger partial charge in [-0.15, -0.1) is 0 Å². The molecule has 1 aromatic heterocycles. The second-order valence-electron chi connectivity index (χ2n) is 7.66. The van der Waals surface area contributed by atoms with E-state index >= 15 is 0 Å². The number of carbonyl (C=O) groups is 2. The van der Waals surface area contributed by atoms with Crippen molar-refractivity contribution in [3.05, 3.63) is 66.4 Å². The maximum Gasteiger partial charge on any atom is 0.344 e. The molecule has 9 nitrogen and oxygen atoms in total. The fourth-order valence-electron chi connectivity index (χ4n) is 3.75. The predicted molar refractivity (Wildman–Crippen MR) is 125 cm³/mol. The van der Waals surface area contributed by atoms with E-state index < -0.39 is 28.5 Å². The zero-order valence-electron chi connectivity index (χ0n) is 18.7. The van der Waals surface area contributed by atoms with E-state index in [4.69, 9.17) is 9.47 Å². The van der Waals surface area contributed by atoms with Crippen molar-refractivity contribution in [2.45, 2.75) is 11.8 Å². The van der Waals surface area contributed by atoms with Crippen molar-refractivity contribution in [2.24, 2.45) is 0 Å². The monoisotopic (exact) mass is 483 g/mol. The van der Waals surface area contributed by atoms with Crippen molar-refractivity contribution in [2.75, 3.05) is 39.4 Å². The van der Waals surface area contributed by atoms with Gasteiger partial charge in [-0.2, -0.15) is 4.31 Å². The summed E-state index contributed by atoms with van der Waals surface area (Å²) in [6.45, 7) is 2.39. The van der Waals surface area contributed by atoms with Gasteiger partial charge in [0.25, 0.3) is 5.91 Å². The highest BCUT2D eigenvalue weighted by molar-refractivity contribution is 7.89. The van der Waals surface area contributed by atoms with Gasteiger partial charge in [0.05, 0.1) is 11.5 Å². The molecule has 0 bridgehead atoms. The lowest BCUT2D eigenvalue weighted by molar-refractivity contribution is -0.135. The Morgan fingerprint density at radius 2 is 1.71 bits per heavy atom. The summed E-state index contributed by atoms with van der Waals surface area (Å²) in [6, 6.07) is 15.7. The third-order valence-electron chi connectivity index (χ3n) is 5.55. The molecule has 1 saturated heterocycles. The summed E-state index contributed by atoms with van der Waals surface area (Å²) in [6.07, 6.45) is 1.50. The molecule has 2 heterocycles. The third kappa shape index (κ3) is 5.02. The van der Waals surface area contributed by atoms with E-state index in [1.165, 1.54) is 21.5 Å². The number of rotatable bonds is 7. The molecule has 3 aromatic rings. The number of esters is 1. The van der Waals surface area contributed by atoms with Gasteiger partial charge in [0.15, 0.2) is 6.61 Å². The van der Waals surface area contributed by atoms with Crippen LogP contribution in [-0.4, -0.2) is 73.9 Å². The second-order valence-corrected chi connectivity index (χ2v) is 9.60. The maximum absolute atomic E-state index is 13.1. The number of pyridine rings is 1. The molecule has 1 aliphatic rings. The number of sulfonamides is 1. The topological polar surface area (TPSA) is 106 Å². The van der Waals surface area contributed by atoms with Crippen LogP contribution in [0.3, 0.4) is 0 Å². The molecule has 34 heavy (non-hydrogen) atoms. The van der Waals surface area contributed by atoms with Crippen molar-refractivity contribution in [3.63, 3.8) is 0 Å². The smallest absolute Gasteiger partial charge is 0.344 e. The van der Waals surface area contributed by atoms with Crippen LogP contribution >= 0.6 is 0 Å². The van der Waals surface area contributed by atoms with Gasteiger partial charge in [-0.25, -0.2) is 18.2 Å². The summed E-state index contributed by atoms with van der Waals surface area (Å²) in [7, 11) is -3.69. The van der Waals surface area contributed by atoms with Gasteiger partial charge in [0, 0.05) is 32.4 Å². The van der Waals surface area contributed by atoms with Gasteiger partial charge in [-0.1, -0.05) is 30.3 Å². The molecule has 0 unspecified atom stereocenters. The standard InChI is InChI=1S/C24H25N3O6S/c1-2-32-23-21(8-5-11-25-23)24(29)33-17-22(28)26-12-14-27(15-13-26)34(30,31)20-10-9-18-6-3-4-7-19(18)16-20/h3-11,16H,2,12-15,17H2,1H3. The molecular weight excluding hydrogens is 458 g/mol. The van der Waals surface area contributed by atoms with Crippen molar-refractivity contribution in [1.29, 1.82) is 0 Å². The minimum absolute atomic E-state index is 0.142. The zero-order chi connectivity index (χ0) is 24.1. The molecule has 10 heteroatoms. The Labute approximate surface area is 197 Å². The van der Waals surface area contributed by atoms with Crippen molar-refractivity contribution in [1.82, 2.24) is 14.2 Å². The first kappa shape index (κ1) is 23.7. The summed E-state index contributed by atoms with van der Waals surface area (Å²) in [5.41, 5.74) is 0.142. The fraction of sp³-hybridized carbons (Fsp3) is 0.292. The lowest BCUT2D eigenvalue weighted by atomic mass is 10.1. The van der Waals surface area contributed by atoms with Gasteiger partial charge in [-0.05, 0) is 42.0 Å². The number of ether oxygens (including phenoxy) is 2. The molecule has 1 fully saturated rings. The van der Waals surface area contributed by atoms with Crippen LogP contribution in [0.25, 0.3) is 10.8 Å². The molecule has 1 aliphatic heterocycles. The largest absolute Gasteiger partial charge is 0.477 e. The van der Waals surface area contributed by atoms with E-state index in [0.717, 1.165) is 10.8 Å². The van der Waals surface area contributed by atoms with Crippen LogP contribution in [0.15, 0.2) is 65.7 Å². The number of hydrogen-bond acceptors (Lipinski definition) is 7. The molecule has 0 aliphatic carbocycles. The first-order chi connectivity index (χ1) is 16.4. The molecule has 0 N–H and O–H groups in total. The number of hydrogen-bond donors (Lipinski definition) is 0. The first-order valence-electron chi connectivity index (χ1n) is 10.9. The zero-order valence-corrected chi connectivity index (χ0v) is 19.5. The molecule has 2 aromatic carbocycles. The van der Waals surface area contributed by atoms with E-state index in [2.05, 4.69) is 4.98 Å². The minimum atomic E-state index is -3.69. The number of aromatic nitrogens is 1. The molecular formula is C24H25N3O6S. The van der Waals surface area contributed by atoms with Crippen LogP contribution in [-0.2, 0) is 19.6 Å². The molecule has 1 amide bonds. The first-order valence-corrected chi connectivity index (χ1v) is 12.4. The van der Waals surface area contributed by atoms with E-state index in [0.29, 0.717) is 6.61 Å². The number of piperazine rings is 1. The molecule has 0 atom stereocenters. The minimum Gasteiger partial charge on any atom is -0.477 e. The Kier molecular flexibility index (Phi) is 7.09. The highest BCUT2D eigenvalue weighted by Crippen LogP contribution is 2.23. The van der Waals surface area contributed by atoms with E-state index in [1.807, 2.05) is 24.3 Å². The van der Waals surface area contributed by atoms with Crippen LogP contribution in [0, 0.1) is 0 Å². The summed E-state index contributed by atoms with van der Waals surface area (Å²) >= 11 is 0. The quantitative estimate of drug-likeness (QED) is 0.475. The summed E-state index contributed by atoms with van der Waals surface area (Å²) < 4.78 is 38.0. The van der Waals surface area contributed by atoms with Gasteiger partial charge in [0.2, 0.25) is 15.9 Å². The van der Waals surface area contributed by atoms with Crippen LogP contribution < -0.4 is 4.74 Å². The van der Waals surface area contributed by atoms with Crippen molar-refractivity contribution < 1.29 is 27.5 Å². The Morgan fingerprint density at radius 3 is 2.44 bits per heavy atom. The number of carbonyl (C=O) groups excluding carboxylic acids is 2. The lowest BCUT2D eigenvalue weighted by Crippen LogP contribution is -2.51. The number of fused-ring (bicyclic) bond motifs is 1. The van der Waals surface area contributed by atoms with Gasteiger partial charge < -0.3 is 14.4 Å². The van der Waals surface area contributed by atoms with Crippen LogP contribution in [0.2, 0.25) is 0 Å². The van der Waals surface area contributed by atoms with Gasteiger partial charge in [-0.3, -0.25) is 4.79 Å². The van der Waals surface area contributed by atoms with Crippen LogP contribution in [0.4, 0.5) is 0 Å². The maximum atomic E-state index is 13.1. The average Bonchev–Trinajstić information content (AvgIpc) is 2.87. The Bertz CT molecular complexity index is 1300. The molecule has 0 radical (unpaired) electrons. The lowest BCUT2D eigenvalue weighted by Gasteiger charge is -2.33. The van der Waals surface area contributed by atoms with E-state index in [1.54, 1.807) is 31.2 Å². The summed E-state index contributed by atoms with van der Waals surface area (Å²) in [4.78, 5) is 30.6. The Balaban J connectivity index is 1.34. The van der Waals surface area contributed by atoms with Crippen LogP contribution in [0.5, 0.6) is 5.88 Å². The van der Waals surface area contributed by atoms with Crippen LogP contribution in [0.1, 0.15) is 17.3 Å². The SMILES string of the molecule is CCOc1ncccc1C(=O)OCC(=O)N1CCN(S(=O)(=O)c2ccc3ccccc3c2)CC1. The number of nitrogens with zero attached hydrogens (tertiary/aromatic N) is 3. The molecule has 0 saturated carbocycles. The number of amides is 1.